The molecule has 0 saturated carbocycles. The van der Waals surface area contributed by atoms with E-state index in [2.05, 4.69) is 34.7 Å². The Kier molecular flexibility index (Phi) is 4.93. The van der Waals surface area contributed by atoms with Gasteiger partial charge >= 0.3 is 0 Å². The highest BCUT2D eigenvalue weighted by Crippen LogP contribution is 2.25. The average Bonchev–Trinajstić information content (AvgIpc) is 2.86. The number of aromatic nitrogens is 1. The maximum absolute atomic E-state index is 5.21. The molecule has 1 atom stereocenters. The van der Waals surface area contributed by atoms with E-state index >= 15 is 0 Å². The van der Waals surface area contributed by atoms with Crippen molar-refractivity contribution in [3.63, 3.8) is 0 Å². The van der Waals surface area contributed by atoms with Crippen molar-refractivity contribution in [1.82, 2.24) is 10.3 Å². The van der Waals surface area contributed by atoms with Crippen LogP contribution in [0.25, 0.3) is 0 Å². The van der Waals surface area contributed by atoms with Gasteiger partial charge < -0.3 is 10.1 Å². The number of benzene rings is 1. The van der Waals surface area contributed by atoms with E-state index in [1.807, 2.05) is 19.1 Å². The summed E-state index contributed by atoms with van der Waals surface area (Å²) < 4.78 is 5.21. The molecular weight excluding hydrogens is 256 g/mol. The van der Waals surface area contributed by atoms with Crippen LogP contribution in [0.3, 0.4) is 0 Å². The SMILES string of the molecule is CCCNC(c1ccc(OC)cc1)c1csc(C)n1. The third kappa shape index (κ3) is 3.55. The molecule has 0 saturated heterocycles. The van der Waals surface area contributed by atoms with Crippen LogP contribution in [0.2, 0.25) is 0 Å². The summed E-state index contributed by atoms with van der Waals surface area (Å²) in [5.74, 6) is 0.882. The molecular formula is C15H20N2OS. The van der Waals surface area contributed by atoms with Gasteiger partial charge in [0.15, 0.2) is 0 Å². The fourth-order valence-electron chi connectivity index (χ4n) is 1.99. The molecule has 0 aliphatic heterocycles. The Morgan fingerprint density at radius 3 is 2.58 bits per heavy atom. The van der Waals surface area contributed by atoms with E-state index in [-0.39, 0.29) is 6.04 Å². The molecule has 19 heavy (non-hydrogen) atoms. The largest absolute Gasteiger partial charge is 0.497 e. The zero-order chi connectivity index (χ0) is 13.7. The quantitative estimate of drug-likeness (QED) is 0.876. The Morgan fingerprint density at radius 1 is 1.32 bits per heavy atom. The maximum Gasteiger partial charge on any atom is 0.118 e. The molecule has 0 radical (unpaired) electrons. The second-order valence-electron chi connectivity index (χ2n) is 4.45. The van der Waals surface area contributed by atoms with Gasteiger partial charge in [0.25, 0.3) is 0 Å². The highest BCUT2D eigenvalue weighted by molar-refractivity contribution is 7.09. The van der Waals surface area contributed by atoms with Gasteiger partial charge in [-0.2, -0.15) is 0 Å². The molecule has 0 amide bonds. The molecule has 1 N–H and O–H groups in total. The van der Waals surface area contributed by atoms with Crippen LogP contribution in [0.5, 0.6) is 5.75 Å². The lowest BCUT2D eigenvalue weighted by atomic mass is 10.0. The van der Waals surface area contributed by atoms with E-state index in [1.54, 1.807) is 18.4 Å². The monoisotopic (exact) mass is 276 g/mol. The lowest BCUT2D eigenvalue weighted by Gasteiger charge is -2.17. The van der Waals surface area contributed by atoms with E-state index in [4.69, 9.17) is 4.74 Å². The lowest BCUT2D eigenvalue weighted by molar-refractivity contribution is 0.414. The summed E-state index contributed by atoms with van der Waals surface area (Å²) >= 11 is 1.69. The number of methoxy groups -OCH3 is 1. The van der Waals surface area contributed by atoms with E-state index in [0.717, 1.165) is 29.4 Å². The Labute approximate surface area is 118 Å². The summed E-state index contributed by atoms with van der Waals surface area (Å²) in [4.78, 5) is 4.61. The smallest absolute Gasteiger partial charge is 0.118 e. The zero-order valence-corrected chi connectivity index (χ0v) is 12.5. The van der Waals surface area contributed by atoms with Crippen LogP contribution in [0.15, 0.2) is 29.6 Å². The van der Waals surface area contributed by atoms with Gasteiger partial charge in [0.2, 0.25) is 0 Å². The second-order valence-corrected chi connectivity index (χ2v) is 5.51. The maximum atomic E-state index is 5.21. The van der Waals surface area contributed by atoms with Gasteiger partial charge in [-0.05, 0) is 37.6 Å². The van der Waals surface area contributed by atoms with Gasteiger partial charge in [0, 0.05) is 5.38 Å². The number of thiazole rings is 1. The number of rotatable bonds is 6. The molecule has 0 aliphatic rings. The Hall–Kier alpha value is -1.39. The Bertz CT molecular complexity index is 507. The molecule has 3 nitrogen and oxygen atoms in total. The van der Waals surface area contributed by atoms with Crippen molar-refractivity contribution in [2.45, 2.75) is 26.3 Å². The van der Waals surface area contributed by atoms with Gasteiger partial charge in [-0.3, -0.25) is 0 Å². The van der Waals surface area contributed by atoms with E-state index in [0.29, 0.717) is 0 Å². The van der Waals surface area contributed by atoms with Crippen LogP contribution >= 0.6 is 11.3 Å². The first-order valence-electron chi connectivity index (χ1n) is 6.54. The molecule has 1 heterocycles. The normalized spacial score (nSPS) is 12.4. The number of hydrogen-bond donors (Lipinski definition) is 1. The predicted octanol–water partition coefficient (Wildman–Crippen LogP) is 3.55. The van der Waals surface area contributed by atoms with Gasteiger partial charge in [-0.15, -0.1) is 11.3 Å². The van der Waals surface area contributed by atoms with E-state index in [1.165, 1.54) is 5.56 Å². The van der Waals surface area contributed by atoms with Crippen molar-refractivity contribution < 1.29 is 4.74 Å². The molecule has 1 aromatic heterocycles. The van der Waals surface area contributed by atoms with Crippen LogP contribution < -0.4 is 10.1 Å². The van der Waals surface area contributed by atoms with Crippen LogP contribution in [0.4, 0.5) is 0 Å². The first-order valence-corrected chi connectivity index (χ1v) is 7.42. The Morgan fingerprint density at radius 2 is 2.05 bits per heavy atom. The number of aryl methyl sites for hydroxylation is 1. The number of nitrogens with zero attached hydrogens (tertiary/aromatic N) is 1. The summed E-state index contributed by atoms with van der Waals surface area (Å²) in [6.45, 7) is 5.19. The summed E-state index contributed by atoms with van der Waals surface area (Å²) in [5.41, 5.74) is 2.32. The first-order chi connectivity index (χ1) is 9.24. The van der Waals surface area contributed by atoms with Gasteiger partial charge in [-0.25, -0.2) is 4.98 Å². The number of hydrogen-bond acceptors (Lipinski definition) is 4. The molecule has 1 unspecified atom stereocenters. The summed E-state index contributed by atoms with van der Waals surface area (Å²) in [5, 5.41) is 6.79. The van der Waals surface area contributed by atoms with Crippen LogP contribution in [-0.2, 0) is 0 Å². The fraction of sp³-hybridized carbons (Fsp3) is 0.400. The third-order valence-corrected chi connectivity index (χ3v) is 3.77. The molecule has 2 rings (SSSR count). The highest BCUT2D eigenvalue weighted by atomic mass is 32.1. The van der Waals surface area contributed by atoms with Gasteiger partial charge in [0.05, 0.1) is 23.9 Å². The Balaban J connectivity index is 2.25. The number of nitrogens with one attached hydrogen (secondary N) is 1. The molecule has 0 fully saturated rings. The molecule has 102 valence electrons. The topological polar surface area (TPSA) is 34.1 Å². The van der Waals surface area contributed by atoms with Gasteiger partial charge in [0.1, 0.15) is 5.75 Å². The standard InChI is InChI=1S/C15H20N2OS/c1-4-9-16-15(14-10-19-11(2)17-14)12-5-7-13(18-3)8-6-12/h5-8,10,15-16H,4,9H2,1-3H3. The lowest BCUT2D eigenvalue weighted by Crippen LogP contribution is -2.23. The minimum absolute atomic E-state index is 0.163. The van der Waals surface area contributed by atoms with Crippen molar-refractivity contribution in [2.24, 2.45) is 0 Å². The van der Waals surface area contributed by atoms with E-state index in [9.17, 15) is 0 Å². The highest BCUT2D eigenvalue weighted by Gasteiger charge is 2.16. The first kappa shape index (κ1) is 14.0. The summed E-state index contributed by atoms with van der Waals surface area (Å²) in [6.07, 6.45) is 1.11. The van der Waals surface area contributed by atoms with Crippen molar-refractivity contribution in [3.8, 4) is 5.75 Å². The van der Waals surface area contributed by atoms with Crippen LogP contribution in [0.1, 0.15) is 35.7 Å². The van der Waals surface area contributed by atoms with Crippen molar-refractivity contribution in [3.05, 3.63) is 45.9 Å². The molecule has 2 aromatic rings. The second kappa shape index (κ2) is 6.68. The minimum Gasteiger partial charge on any atom is -0.497 e. The van der Waals surface area contributed by atoms with Crippen LogP contribution in [0, 0.1) is 6.92 Å². The molecule has 0 aliphatic carbocycles. The average molecular weight is 276 g/mol. The van der Waals surface area contributed by atoms with Crippen molar-refractivity contribution >= 4 is 11.3 Å². The number of ether oxygens (including phenoxy) is 1. The van der Waals surface area contributed by atoms with E-state index < -0.39 is 0 Å². The van der Waals surface area contributed by atoms with Crippen LogP contribution in [-0.4, -0.2) is 18.6 Å². The molecule has 1 aromatic carbocycles. The summed E-state index contributed by atoms with van der Waals surface area (Å²) in [6, 6.07) is 8.35. The predicted molar refractivity (Wildman–Crippen MR) is 80.0 cm³/mol. The van der Waals surface area contributed by atoms with Crippen molar-refractivity contribution in [2.75, 3.05) is 13.7 Å². The molecule has 0 spiro atoms. The molecule has 4 heteroatoms. The summed E-state index contributed by atoms with van der Waals surface area (Å²) in [7, 11) is 1.69. The van der Waals surface area contributed by atoms with Gasteiger partial charge in [-0.1, -0.05) is 19.1 Å². The molecule has 0 bridgehead atoms. The minimum atomic E-state index is 0.163. The fourth-order valence-corrected chi connectivity index (χ4v) is 2.63. The van der Waals surface area contributed by atoms with Crippen molar-refractivity contribution in [1.29, 1.82) is 0 Å². The zero-order valence-electron chi connectivity index (χ0n) is 11.6. The third-order valence-electron chi connectivity index (χ3n) is 2.98.